The number of hydrazine groups is 1. The Kier molecular flexibility index (Phi) is 4.86. The third kappa shape index (κ3) is 3.27. The first kappa shape index (κ1) is 13.1. The highest BCUT2D eigenvalue weighted by Gasteiger charge is 2.18. The van der Waals surface area contributed by atoms with E-state index in [4.69, 9.17) is 33.8 Å². The Morgan fingerprint density at radius 1 is 1.56 bits per heavy atom. The minimum absolute atomic E-state index is 0.365. The highest BCUT2D eigenvalue weighted by Crippen LogP contribution is 2.28. The van der Waals surface area contributed by atoms with Gasteiger partial charge in [0, 0.05) is 11.1 Å². The van der Waals surface area contributed by atoms with Crippen molar-refractivity contribution in [3.8, 4) is 5.75 Å². The van der Waals surface area contributed by atoms with Gasteiger partial charge < -0.3 is 4.74 Å². The lowest BCUT2D eigenvalue weighted by atomic mass is 10.2. The average molecular weight is 263 g/mol. The summed E-state index contributed by atoms with van der Waals surface area (Å²) in [6.45, 7) is 1.80. The molecule has 16 heavy (non-hydrogen) atoms. The summed E-state index contributed by atoms with van der Waals surface area (Å²) in [6.07, 6.45) is -0.202. The maximum atomic E-state index is 11.3. The smallest absolute Gasteiger partial charge is 0.274 e. The summed E-state index contributed by atoms with van der Waals surface area (Å²) < 4.78 is 5.42. The lowest BCUT2D eigenvalue weighted by Gasteiger charge is -2.16. The molecule has 3 N–H and O–H groups in total. The zero-order valence-electron chi connectivity index (χ0n) is 8.67. The normalized spacial score (nSPS) is 12.0. The van der Waals surface area contributed by atoms with E-state index in [-0.39, 0.29) is 0 Å². The molecule has 0 saturated heterocycles. The fourth-order valence-corrected chi connectivity index (χ4v) is 1.46. The van der Waals surface area contributed by atoms with Crippen LogP contribution in [0.2, 0.25) is 10.0 Å². The average Bonchev–Trinajstić information content (AvgIpc) is 2.29. The number of benzene rings is 1. The SMILES string of the molecule is CC[C@@H](Oc1cc(Cl)ccc1Cl)C(=O)NN. The molecule has 0 fully saturated rings. The van der Waals surface area contributed by atoms with E-state index in [1.54, 1.807) is 25.1 Å². The van der Waals surface area contributed by atoms with E-state index in [0.717, 1.165) is 0 Å². The van der Waals surface area contributed by atoms with Crippen LogP contribution in [-0.2, 0) is 4.79 Å². The third-order valence-electron chi connectivity index (χ3n) is 1.97. The van der Waals surface area contributed by atoms with Crippen LogP contribution in [-0.4, -0.2) is 12.0 Å². The minimum Gasteiger partial charge on any atom is -0.479 e. The molecule has 1 aromatic rings. The zero-order valence-corrected chi connectivity index (χ0v) is 10.2. The van der Waals surface area contributed by atoms with Crippen LogP contribution in [0, 0.1) is 0 Å². The monoisotopic (exact) mass is 262 g/mol. The van der Waals surface area contributed by atoms with Gasteiger partial charge in [-0.3, -0.25) is 10.2 Å². The number of hydrogen-bond donors (Lipinski definition) is 2. The first-order valence-corrected chi connectivity index (χ1v) is 5.46. The predicted octanol–water partition coefficient (Wildman–Crippen LogP) is 2.14. The Morgan fingerprint density at radius 2 is 2.25 bits per heavy atom. The maximum absolute atomic E-state index is 11.3. The number of hydrogen-bond acceptors (Lipinski definition) is 3. The number of ether oxygens (including phenoxy) is 1. The van der Waals surface area contributed by atoms with Crippen molar-refractivity contribution in [3.63, 3.8) is 0 Å². The van der Waals surface area contributed by atoms with E-state index in [0.29, 0.717) is 22.2 Å². The number of rotatable bonds is 4. The lowest BCUT2D eigenvalue weighted by molar-refractivity contribution is -0.128. The van der Waals surface area contributed by atoms with E-state index in [9.17, 15) is 4.79 Å². The largest absolute Gasteiger partial charge is 0.479 e. The van der Waals surface area contributed by atoms with Crippen molar-refractivity contribution >= 4 is 29.1 Å². The van der Waals surface area contributed by atoms with Crippen molar-refractivity contribution < 1.29 is 9.53 Å². The molecule has 0 unspecified atom stereocenters. The number of carbonyl (C=O) groups is 1. The van der Waals surface area contributed by atoms with Crippen molar-refractivity contribution in [2.75, 3.05) is 0 Å². The van der Waals surface area contributed by atoms with Crippen LogP contribution < -0.4 is 16.0 Å². The zero-order chi connectivity index (χ0) is 12.1. The Bertz CT molecular complexity index is 385. The molecule has 0 aliphatic rings. The van der Waals surface area contributed by atoms with Gasteiger partial charge in [-0.1, -0.05) is 30.1 Å². The van der Waals surface area contributed by atoms with Gasteiger partial charge in [0.15, 0.2) is 6.10 Å². The topological polar surface area (TPSA) is 64.3 Å². The van der Waals surface area contributed by atoms with Gasteiger partial charge in [0.2, 0.25) is 0 Å². The number of amides is 1. The molecule has 0 radical (unpaired) electrons. The molecule has 1 amide bonds. The second-order valence-electron chi connectivity index (χ2n) is 3.10. The van der Waals surface area contributed by atoms with Crippen molar-refractivity contribution in [2.24, 2.45) is 5.84 Å². The molecule has 0 heterocycles. The van der Waals surface area contributed by atoms with E-state index in [2.05, 4.69) is 0 Å². The summed E-state index contributed by atoms with van der Waals surface area (Å²) >= 11 is 11.7. The molecule has 6 heteroatoms. The van der Waals surface area contributed by atoms with Gasteiger partial charge in [-0.05, 0) is 18.6 Å². The molecule has 0 spiro atoms. The second-order valence-corrected chi connectivity index (χ2v) is 3.94. The van der Waals surface area contributed by atoms with Crippen LogP contribution in [0.15, 0.2) is 18.2 Å². The number of carbonyl (C=O) groups excluding carboxylic acids is 1. The summed E-state index contributed by atoms with van der Waals surface area (Å²) in [5, 5.41) is 0.884. The maximum Gasteiger partial charge on any atom is 0.274 e. The molecule has 0 aromatic heterocycles. The fraction of sp³-hybridized carbons (Fsp3) is 0.300. The van der Waals surface area contributed by atoms with Crippen molar-refractivity contribution in [1.29, 1.82) is 0 Å². The molecule has 1 atom stereocenters. The van der Waals surface area contributed by atoms with Crippen molar-refractivity contribution in [1.82, 2.24) is 5.43 Å². The first-order chi connectivity index (χ1) is 7.58. The van der Waals surface area contributed by atoms with E-state index in [1.807, 2.05) is 5.43 Å². The quantitative estimate of drug-likeness (QED) is 0.497. The second kappa shape index (κ2) is 5.94. The van der Waals surface area contributed by atoms with Crippen molar-refractivity contribution in [2.45, 2.75) is 19.4 Å². The molecule has 0 aliphatic heterocycles. The molecule has 0 bridgehead atoms. The molecule has 88 valence electrons. The van der Waals surface area contributed by atoms with Crippen molar-refractivity contribution in [3.05, 3.63) is 28.2 Å². The standard InChI is InChI=1S/C10H12Cl2N2O2/c1-2-8(10(15)14-13)16-9-5-6(11)3-4-7(9)12/h3-5,8H,2,13H2,1H3,(H,14,15)/t8-/m1/s1. The van der Waals surface area contributed by atoms with Gasteiger partial charge in [0.25, 0.3) is 5.91 Å². The highest BCUT2D eigenvalue weighted by atomic mass is 35.5. The summed E-state index contributed by atoms with van der Waals surface area (Å²) in [5.74, 6) is 4.99. The van der Waals surface area contributed by atoms with Gasteiger partial charge in [-0.2, -0.15) is 0 Å². The van der Waals surface area contributed by atoms with Crippen LogP contribution in [0.1, 0.15) is 13.3 Å². The number of nitrogens with two attached hydrogens (primary N) is 1. The summed E-state index contributed by atoms with van der Waals surface area (Å²) in [7, 11) is 0. The Hall–Kier alpha value is -0.970. The van der Waals surface area contributed by atoms with E-state index >= 15 is 0 Å². The minimum atomic E-state index is -0.680. The van der Waals surface area contributed by atoms with Gasteiger partial charge in [0.05, 0.1) is 5.02 Å². The van der Waals surface area contributed by atoms with Gasteiger partial charge >= 0.3 is 0 Å². The van der Waals surface area contributed by atoms with Crippen LogP contribution in [0.5, 0.6) is 5.75 Å². The molecular formula is C10H12Cl2N2O2. The van der Waals surface area contributed by atoms with Crippen LogP contribution in [0.4, 0.5) is 0 Å². The number of nitrogens with one attached hydrogen (secondary N) is 1. The lowest BCUT2D eigenvalue weighted by Crippen LogP contribution is -2.41. The molecule has 4 nitrogen and oxygen atoms in total. The fourth-order valence-electron chi connectivity index (χ4n) is 1.14. The van der Waals surface area contributed by atoms with Crippen LogP contribution >= 0.6 is 23.2 Å². The summed E-state index contributed by atoms with van der Waals surface area (Å²) in [5.41, 5.74) is 2.03. The Balaban J connectivity index is 2.85. The molecule has 0 saturated carbocycles. The number of halogens is 2. The summed E-state index contributed by atoms with van der Waals surface area (Å²) in [6, 6.07) is 4.79. The highest BCUT2D eigenvalue weighted by molar-refractivity contribution is 6.34. The molecule has 1 rings (SSSR count). The molecule has 1 aromatic carbocycles. The predicted molar refractivity (Wildman–Crippen MR) is 63.5 cm³/mol. The Morgan fingerprint density at radius 3 is 2.81 bits per heavy atom. The van der Waals surface area contributed by atoms with Gasteiger partial charge in [0.1, 0.15) is 5.75 Å². The van der Waals surface area contributed by atoms with E-state index in [1.165, 1.54) is 0 Å². The molecular weight excluding hydrogens is 251 g/mol. The van der Waals surface area contributed by atoms with Crippen LogP contribution in [0.25, 0.3) is 0 Å². The van der Waals surface area contributed by atoms with Gasteiger partial charge in [-0.25, -0.2) is 5.84 Å². The van der Waals surface area contributed by atoms with E-state index < -0.39 is 12.0 Å². The van der Waals surface area contributed by atoms with Gasteiger partial charge in [-0.15, -0.1) is 0 Å². The Labute approximate surface area is 104 Å². The summed E-state index contributed by atoms with van der Waals surface area (Å²) in [4.78, 5) is 11.3. The third-order valence-corrected chi connectivity index (χ3v) is 2.52. The first-order valence-electron chi connectivity index (χ1n) is 4.70. The molecule has 0 aliphatic carbocycles. The van der Waals surface area contributed by atoms with Crippen LogP contribution in [0.3, 0.4) is 0 Å².